The molecule has 238 valence electrons. The van der Waals surface area contributed by atoms with E-state index in [0.717, 1.165) is 37.4 Å². The quantitative estimate of drug-likeness (QED) is 0.214. The van der Waals surface area contributed by atoms with Crippen LogP contribution in [0.25, 0.3) is 0 Å². The smallest absolute Gasteiger partial charge is 0.264 e. The maximum absolute atomic E-state index is 14.3. The molecule has 3 amide bonds. The number of fused-ring (bicyclic) bond motifs is 1. The number of imide groups is 1. The fourth-order valence-corrected chi connectivity index (χ4v) is 6.34. The van der Waals surface area contributed by atoms with E-state index in [-0.39, 0.29) is 23.6 Å². The van der Waals surface area contributed by atoms with Gasteiger partial charge < -0.3 is 19.7 Å². The second-order valence-electron chi connectivity index (χ2n) is 12.0. The lowest BCUT2D eigenvalue weighted by atomic mass is 9.99. The SMILES string of the molecule is COc1ccc(C(CCCNC(=O)C(C)C)N2C(=O)c3cccc(N4CCN([C@H](C)c5ccccc5)CC4)c3C2=O)cc1OC. The van der Waals surface area contributed by atoms with Crippen molar-refractivity contribution >= 4 is 23.4 Å². The van der Waals surface area contributed by atoms with Crippen molar-refractivity contribution in [3.8, 4) is 11.5 Å². The molecule has 3 aromatic carbocycles. The Balaban J connectivity index is 1.39. The van der Waals surface area contributed by atoms with Crippen molar-refractivity contribution < 1.29 is 23.9 Å². The molecule has 0 saturated carbocycles. The van der Waals surface area contributed by atoms with Gasteiger partial charge in [0.05, 0.1) is 37.1 Å². The van der Waals surface area contributed by atoms with E-state index in [2.05, 4.69) is 46.3 Å². The van der Waals surface area contributed by atoms with Crippen molar-refractivity contribution in [1.82, 2.24) is 15.1 Å². The number of rotatable bonds is 12. The first-order chi connectivity index (χ1) is 21.7. The Morgan fingerprint density at radius 2 is 1.53 bits per heavy atom. The number of hydrogen-bond donors (Lipinski definition) is 1. The van der Waals surface area contributed by atoms with Gasteiger partial charge in [0.25, 0.3) is 11.8 Å². The summed E-state index contributed by atoms with van der Waals surface area (Å²) in [6.07, 6.45) is 1.06. The molecule has 2 atom stereocenters. The third-order valence-corrected chi connectivity index (χ3v) is 8.99. The molecular weight excluding hydrogens is 568 g/mol. The van der Waals surface area contributed by atoms with Crippen molar-refractivity contribution in [3.63, 3.8) is 0 Å². The van der Waals surface area contributed by atoms with Gasteiger partial charge in [-0.1, -0.05) is 56.3 Å². The highest BCUT2D eigenvalue weighted by atomic mass is 16.5. The summed E-state index contributed by atoms with van der Waals surface area (Å²) in [7, 11) is 3.13. The first kappa shape index (κ1) is 32.0. The highest BCUT2D eigenvalue weighted by Gasteiger charge is 2.43. The number of anilines is 1. The standard InChI is InChI=1S/C36H44N4O5/c1-24(2)34(41)37-18-10-15-29(27-16-17-31(44-4)32(23-27)45-5)40-35(42)28-13-9-14-30(33(28)36(40)43)39-21-19-38(20-22-39)25(3)26-11-7-6-8-12-26/h6-9,11-14,16-17,23-25,29H,10,15,18-22H2,1-5H3,(H,37,41)/t25-,29?/m1/s1. The molecule has 9 heteroatoms. The molecule has 0 radical (unpaired) electrons. The van der Waals surface area contributed by atoms with Crippen LogP contribution in [0, 0.1) is 5.92 Å². The third kappa shape index (κ3) is 6.68. The topological polar surface area (TPSA) is 91.4 Å². The Morgan fingerprint density at radius 3 is 2.20 bits per heavy atom. The number of carbonyl (C=O) groups excluding carboxylic acids is 3. The van der Waals surface area contributed by atoms with E-state index in [1.165, 1.54) is 10.5 Å². The normalized spacial score (nSPS) is 16.5. The number of methoxy groups -OCH3 is 2. The van der Waals surface area contributed by atoms with Crippen LogP contribution in [0.15, 0.2) is 66.7 Å². The van der Waals surface area contributed by atoms with E-state index in [0.29, 0.717) is 48.1 Å². The van der Waals surface area contributed by atoms with E-state index < -0.39 is 6.04 Å². The van der Waals surface area contributed by atoms with Crippen molar-refractivity contribution in [2.75, 3.05) is 51.8 Å². The van der Waals surface area contributed by atoms with Crippen molar-refractivity contribution in [2.45, 2.75) is 45.7 Å². The number of nitrogens with zero attached hydrogens (tertiary/aromatic N) is 3. The minimum atomic E-state index is -0.551. The Labute approximate surface area is 266 Å². The van der Waals surface area contributed by atoms with Crippen LogP contribution in [-0.4, -0.2) is 74.5 Å². The third-order valence-electron chi connectivity index (χ3n) is 8.99. The predicted molar refractivity (Wildman–Crippen MR) is 175 cm³/mol. The highest BCUT2D eigenvalue weighted by Crippen LogP contribution is 2.40. The molecule has 1 unspecified atom stereocenters. The molecule has 1 fully saturated rings. The van der Waals surface area contributed by atoms with Gasteiger partial charge in [0.1, 0.15) is 0 Å². The van der Waals surface area contributed by atoms with Gasteiger partial charge in [-0.25, -0.2) is 0 Å². The van der Waals surface area contributed by atoms with E-state index >= 15 is 0 Å². The van der Waals surface area contributed by atoms with E-state index in [4.69, 9.17) is 9.47 Å². The molecule has 2 aliphatic heterocycles. The summed E-state index contributed by atoms with van der Waals surface area (Å²) in [6.45, 7) is 9.58. The van der Waals surface area contributed by atoms with Gasteiger partial charge in [-0.15, -0.1) is 0 Å². The maximum atomic E-state index is 14.3. The second-order valence-corrected chi connectivity index (χ2v) is 12.0. The number of carbonyl (C=O) groups is 3. The number of piperazine rings is 1. The molecular formula is C36H44N4O5. The number of benzene rings is 3. The number of hydrogen-bond acceptors (Lipinski definition) is 7. The summed E-state index contributed by atoms with van der Waals surface area (Å²) < 4.78 is 11.0. The molecule has 3 aromatic rings. The molecule has 0 aliphatic carbocycles. The zero-order valence-corrected chi connectivity index (χ0v) is 26.9. The van der Waals surface area contributed by atoms with Crippen LogP contribution in [0.4, 0.5) is 5.69 Å². The number of amides is 3. The van der Waals surface area contributed by atoms with Crippen molar-refractivity contribution in [1.29, 1.82) is 0 Å². The first-order valence-electron chi connectivity index (χ1n) is 15.8. The lowest BCUT2D eigenvalue weighted by molar-refractivity contribution is -0.124. The number of nitrogens with one attached hydrogen (secondary N) is 1. The van der Waals surface area contributed by atoms with Crippen molar-refractivity contribution in [2.24, 2.45) is 5.92 Å². The molecule has 45 heavy (non-hydrogen) atoms. The fourth-order valence-electron chi connectivity index (χ4n) is 6.34. The summed E-state index contributed by atoms with van der Waals surface area (Å²) in [6, 6.07) is 21.3. The van der Waals surface area contributed by atoms with Gasteiger partial charge in [-0.2, -0.15) is 0 Å². The van der Waals surface area contributed by atoms with Gasteiger partial charge in [0.15, 0.2) is 11.5 Å². The highest BCUT2D eigenvalue weighted by molar-refractivity contribution is 6.24. The Kier molecular flexibility index (Phi) is 10.1. The summed E-state index contributed by atoms with van der Waals surface area (Å²) in [5.41, 5.74) is 3.74. The lowest BCUT2D eigenvalue weighted by Crippen LogP contribution is -2.47. The summed E-state index contributed by atoms with van der Waals surface area (Å²) >= 11 is 0. The average molecular weight is 613 g/mol. The van der Waals surface area contributed by atoms with Gasteiger partial charge in [-0.05, 0) is 55.2 Å². The maximum Gasteiger partial charge on any atom is 0.264 e. The zero-order chi connectivity index (χ0) is 32.1. The monoisotopic (exact) mass is 612 g/mol. The number of ether oxygens (including phenoxy) is 2. The van der Waals surface area contributed by atoms with Crippen LogP contribution in [-0.2, 0) is 4.79 Å². The molecule has 5 rings (SSSR count). The molecule has 9 nitrogen and oxygen atoms in total. The Hall–Kier alpha value is -4.37. The molecule has 1 N–H and O–H groups in total. The molecule has 0 spiro atoms. The largest absolute Gasteiger partial charge is 0.493 e. The van der Waals surface area contributed by atoms with Crippen LogP contribution in [0.2, 0.25) is 0 Å². The zero-order valence-electron chi connectivity index (χ0n) is 26.9. The molecule has 2 heterocycles. The Morgan fingerprint density at radius 1 is 0.822 bits per heavy atom. The van der Waals surface area contributed by atoms with E-state index in [9.17, 15) is 14.4 Å². The van der Waals surface area contributed by atoms with Crippen LogP contribution in [0.3, 0.4) is 0 Å². The van der Waals surface area contributed by atoms with Crippen molar-refractivity contribution in [3.05, 3.63) is 89.0 Å². The lowest BCUT2D eigenvalue weighted by Gasteiger charge is -2.39. The van der Waals surface area contributed by atoms with Crippen LogP contribution >= 0.6 is 0 Å². The van der Waals surface area contributed by atoms with Gasteiger partial charge in [0.2, 0.25) is 5.91 Å². The fraction of sp³-hybridized carbons (Fsp3) is 0.417. The summed E-state index contributed by atoms with van der Waals surface area (Å²) in [5, 5.41) is 2.95. The molecule has 0 aromatic heterocycles. The minimum Gasteiger partial charge on any atom is -0.493 e. The van der Waals surface area contributed by atoms with Gasteiger partial charge in [-0.3, -0.25) is 24.2 Å². The van der Waals surface area contributed by atoms with Gasteiger partial charge in [0, 0.05) is 44.7 Å². The second kappa shape index (κ2) is 14.2. The van der Waals surface area contributed by atoms with E-state index in [1.54, 1.807) is 26.4 Å². The molecule has 2 aliphatic rings. The summed E-state index contributed by atoms with van der Waals surface area (Å²) in [5.74, 6) is 0.337. The van der Waals surface area contributed by atoms with Crippen LogP contribution < -0.4 is 19.7 Å². The van der Waals surface area contributed by atoms with Crippen LogP contribution in [0.5, 0.6) is 11.5 Å². The average Bonchev–Trinajstić information content (AvgIpc) is 3.33. The Bertz CT molecular complexity index is 1520. The van der Waals surface area contributed by atoms with Gasteiger partial charge >= 0.3 is 0 Å². The summed E-state index contributed by atoms with van der Waals surface area (Å²) in [4.78, 5) is 46.6. The molecule has 0 bridgehead atoms. The molecule has 1 saturated heterocycles. The van der Waals surface area contributed by atoms with Crippen LogP contribution in [0.1, 0.15) is 77.5 Å². The van der Waals surface area contributed by atoms with E-state index in [1.807, 2.05) is 44.2 Å². The minimum absolute atomic E-state index is 0.0266. The first-order valence-corrected chi connectivity index (χ1v) is 15.8. The predicted octanol–water partition coefficient (Wildman–Crippen LogP) is 5.48.